The summed E-state index contributed by atoms with van der Waals surface area (Å²) < 4.78 is 5.49. The maximum Gasteiger partial charge on any atom is 0.132 e. The van der Waals surface area contributed by atoms with Crippen molar-refractivity contribution in [3.05, 3.63) is 23.8 Å². The number of benzene rings is 1. The van der Waals surface area contributed by atoms with E-state index in [4.69, 9.17) is 4.74 Å². The van der Waals surface area contributed by atoms with Crippen molar-refractivity contribution >= 4 is 24.2 Å². The van der Waals surface area contributed by atoms with Crippen molar-refractivity contribution in [2.75, 3.05) is 39.5 Å². The van der Waals surface area contributed by atoms with Crippen LogP contribution in [0.15, 0.2) is 23.1 Å². The van der Waals surface area contributed by atoms with Crippen LogP contribution in [0, 0.1) is 5.41 Å². The minimum absolute atomic E-state index is 0. The van der Waals surface area contributed by atoms with Crippen LogP contribution in [0.2, 0.25) is 0 Å². The molecule has 0 radical (unpaired) electrons. The Morgan fingerprint density at radius 2 is 2.24 bits per heavy atom. The normalized spacial score (nSPS) is 25.2. The van der Waals surface area contributed by atoms with Gasteiger partial charge >= 0.3 is 0 Å². The van der Waals surface area contributed by atoms with Gasteiger partial charge in [-0.1, -0.05) is 6.07 Å². The number of halogens is 1. The van der Waals surface area contributed by atoms with E-state index in [1.165, 1.54) is 49.5 Å². The van der Waals surface area contributed by atoms with Gasteiger partial charge in [0.2, 0.25) is 0 Å². The first-order chi connectivity index (χ1) is 9.74. The molecule has 0 saturated carbocycles. The zero-order valence-corrected chi connectivity index (χ0v) is 14.5. The Kier molecular flexibility index (Phi) is 5.83. The van der Waals surface area contributed by atoms with Crippen LogP contribution in [0.5, 0.6) is 5.75 Å². The minimum Gasteiger partial charge on any atom is -0.496 e. The first kappa shape index (κ1) is 16.9. The molecule has 2 aliphatic rings. The summed E-state index contributed by atoms with van der Waals surface area (Å²) in [4.78, 5) is 3.81. The average Bonchev–Trinajstić information content (AvgIpc) is 3.09. The zero-order chi connectivity index (χ0) is 14.0. The molecule has 21 heavy (non-hydrogen) atoms. The number of nitrogens with one attached hydrogen (secondary N) is 1. The quantitative estimate of drug-likeness (QED) is 0.859. The standard InChI is InChI=1S/C16H24N2OS.ClH/c1-19-14-9-13(3-4-15(14)20-2)10-18-8-6-16(12-18)5-7-17-11-16;/h3-4,9,17H,5-8,10-12H2,1-2H3;1H. The second kappa shape index (κ2) is 7.23. The number of thioether (sulfide) groups is 1. The zero-order valence-electron chi connectivity index (χ0n) is 12.9. The molecule has 1 aromatic carbocycles. The molecular weight excluding hydrogens is 304 g/mol. The van der Waals surface area contributed by atoms with Crippen LogP contribution in [0.1, 0.15) is 18.4 Å². The molecule has 2 heterocycles. The number of nitrogens with zero attached hydrogens (tertiary/aromatic N) is 1. The SMILES string of the molecule is COc1cc(CN2CCC3(CCNC3)C2)ccc1SC.Cl. The van der Waals surface area contributed by atoms with E-state index in [0.29, 0.717) is 5.41 Å². The van der Waals surface area contributed by atoms with E-state index in [9.17, 15) is 0 Å². The molecule has 1 aromatic rings. The highest BCUT2D eigenvalue weighted by Crippen LogP contribution is 2.37. The highest BCUT2D eigenvalue weighted by Gasteiger charge is 2.39. The molecule has 2 saturated heterocycles. The number of ether oxygens (including phenoxy) is 1. The van der Waals surface area contributed by atoms with Crippen LogP contribution in [-0.2, 0) is 6.54 Å². The fraction of sp³-hybridized carbons (Fsp3) is 0.625. The summed E-state index contributed by atoms with van der Waals surface area (Å²) in [6.45, 7) is 5.93. The first-order valence-electron chi connectivity index (χ1n) is 7.39. The fourth-order valence-electron chi connectivity index (χ4n) is 3.54. The van der Waals surface area contributed by atoms with Gasteiger partial charge in [0.1, 0.15) is 5.75 Å². The number of hydrogen-bond donors (Lipinski definition) is 1. The van der Waals surface area contributed by atoms with Crippen molar-refractivity contribution in [3.8, 4) is 5.75 Å². The van der Waals surface area contributed by atoms with E-state index in [-0.39, 0.29) is 12.4 Å². The third-order valence-electron chi connectivity index (χ3n) is 4.70. The molecular formula is C16H25ClN2OS. The van der Waals surface area contributed by atoms with Gasteiger partial charge in [0, 0.05) is 24.5 Å². The topological polar surface area (TPSA) is 24.5 Å². The van der Waals surface area contributed by atoms with E-state index in [0.717, 1.165) is 12.3 Å². The molecule has 0 amide bonds. The third-order valence-corrected chi connectivity index (χ3v) is 5.48. The maximum atomic E-state index is 5.49. The molecule has 3 nitrogen and oxygen atoms in total. The number of rotatable bonds is 4. The third kappa shape index (κ3) is 3.67. The van der Waals surface area contributed by atoms with Crippen LogP contribution < -0.4 is 10.1 Å². The molecule has 2 aliphatic heterocycles. The second-order valence-corrected chi connectivity index (χ2v) is 6.92. The Balaban J connectivity index is 0.00000161. The van der Waals surface area contributed by atoms with Gasteiger partial charge in [0.15, 0.2) is 0 Å². The van der Waals surface area contributed by atoms with Crippen LogP contribution in [0.4, 0.5) is 0 Å². The molecule has 2 fully saturated rings. The Morgan fingerprint density at radius 3 is 2.90 bits per heavy atom. The van der Waals surface area contributed by atoms with Gasteiger partial charge in [-0.25, -0.2) is 0 Å². The molecule has 1 unspecified atom stereocenters. The highest BCUT2D eigenvalue weighted by atomic mass is 35.5. The van der Waals surface area contributed by atoms with Crippen molar-refractivity contribution < 1.29 is 4.74 Å². The van der Waals surface area contributed by atoms with Crippen LogP contribution >= 0.6 is 24.2 Å². The maximum absolute atomic E-state index is 5.49. The monoisotopic (exact) mass is 328 g/mol. The van der Waals surface area contributed by atoms with Crippen molar-refractivity contribution in [1.29, 1.82) is 0 Å². The predicted molar refractivity (Wildman–Crippen MR) is 91.8 cm³/mol. The first-order valence-corrected chi connectivity index (χ1v) is 8.61. The molecule has 5 heteroatoms. The van der Waals surface area contributed by atoms with Gasteiger partial charge in [-0.05, 0) is 55.3 Å². The van der Waals surface area contributed by atoms with Gasteiger partial charge < -0.3 is 10.1 Å². The highest BCUT2D eigenvalue weighted by molar-refractivity contribution is 7.98. The van der Waals surface area contributed by atoms with E-state index < -0.39 is 0 Å². The van der Waals surface area contributed by atoms with E-state index in [1.54, 1.807) is 18.9 Å². The van der Waals surface area contributed by atoms with Gasteiger partial charge in [-0.3, -0.25) is 4.90 Å². The number of likely N-dealkylation sites (tertiary alicyclic amines) is 1. The van der Waals surface area contributed by atoms with Gasteiger partial charge in [-0.15, -0.1) is 24.2 Å². The van der Waals surface area contributed by atoms with Crippen molar-refractivity contribution in [1.82, 2.24) is 10.2 Å². The van der Waals surface area contributed by atoms with E-state index in [2.05, 4.69) is 34.7 Å². The lowest BCUT2D eigenvalue weighted by molar-refractivity contribution is 0.268. The molecule has 0 bridgehead atoms. The molecule has 3 rings (SSSR count). The number of hydrogen-bond acceptors (Lipinski definition) is 4. The van der Waals surface area contributed by atoms with Gasteiger partial charge in [0.25, 0.3) is 0 Å². The lowest BCUT2D eigenvalue weighted by atomic mass is 9.86. The molecule has 1 spiro atoms. The average molecular weight is 329 g/mol. The Hall–Kier alpha value is -0.420. The van der Waals surface area contributed by atoms with E-state index >= 15 is 0 Å². The number of methoxy groups -OCH3 is 1. The van der Waals surface area contributed by atoms with Crippen molar-refractivity contribution in [2.45, 2.75) is 24.3 Å². The van der Waals surface area contributed by atoms with Crippen LogP contribution in [0.3, 0.4) is 0 Å². The summed E-state index contributed by atoms with van der Waals surface area (Å²) in [6.07, 6.45) is 4.78. The van der Waals surface area contributed by atoms with Crippen LogP contribution in [-0.4, -0.2) is 44.4 Å². The molecule has 0 aliphatic carbocycles. The Labute approximate surface area is 138 Å². The summed E-state index contributed by atoms with van der Waals surface area (Å²) in [5, 5.41) is 3.52. The molecule has 0 aromatic heterocycles. The molecule has 1 atom stereocenters. The Morgan fingerprint density at radius 1 is 1.38 bits per heavy atom. The lowest BCUT2D eigenvalue weighted by Crippen LogP contribution is -2.28. The smallest absolute Gasteiger partial charge is 0.132 e. The van der Waals surface area contributed by atoms with Gasteiger partial charge in [0.05, 0.1) is 7.11 Å². The molecule has 1 N–H and O–H groups in total. The van der Waals surface area contributed by atoms with E-state index in [1.807, 2.05) is 0 Å². The largest absolute Gasteiger partial charge is 0.496 e. The summed E-state index contributed by atoms with van der Waals surface area (Å²) in [5.41, 5.74) is 1.92. The summed E-state index contributed by atoms with van der Waals surface area (Å²) in [6, 6.07) is 6.62. The van der Waals surface area contributed by atoms with Crippen molar-refractivity contribution in [3.63, 3.8) is 0 Å². The van der Waals surface area contributed by atoms with Gasteiger partial charge in [-0.2, -0.15) is 0 Å². The molecule has 118 valence electrons. The Bertz CT molecular complexity index is 477. The summed E-state index contributed by atoms with van der Waals surface area (Å²) >= 11 is 1.74. The van der Waals surface area contributed by atoms with Crippen molar-refractivity contribution in [2.24, 2.45) is 5.41 Å². The fourth-order valence-corrected chi connectivity index (χ4v) is 4.09. The minimum atomic E-state index is 0. The lowest BCUT2D eigenvalue weighted by Gasteiger charge is -2.23. The predicted octanol–water partition coefficient (Wildman–Crippen LogP) is 3.02. The van der Waals surface area contributed by atoms with Crippen LogP contribution in [0.25, 0.3) is 0 Å². The summed E-state index contributed by atoms with van der Waals surface area (Å²) in [5.74, 6) is 1.01. The second-order valence-electron chi connectivity index (χ2n) is 6.08. The summed E-state index contributed by atoms with van der Waals surface area (Å²) in [7, 11) is 1.76.